The summed E-state index contributed by atoms with van der Waals surface area (Å²) < 4.78 is 5.29. The van der Waals surface area contributed by atoms with Gasteiger partial charge < -0.3 is 4.74 Å². The number of carbonyl (C=O) groups excluding carboxylic acids is 1. The number of aromatic nitrogens is 1. The van der Waals surface area contributed by atoms with E-state index in [0.29, 0.717) is 25.4 Å². The highest BCUT2D eigenvalue weighted by Gasteiger charge is 2.21. The number of hydrogen-bond donors (Lipinski definition) is 0. The van der Waals surface area contributed by atoms with Gasteiger partial charge in [-0.25, -0.2) is 0 Å². The second-order valence-corrected chi connectivity index (χ2v) is 5.03. The molecule has 1 aliphatic rings. The summed E-state index contributed by atoms with van der Waals surface area (Å²) in [5, 5.41) is 1.12. The minimum absolute atomic E-state index is 0.155. The van der Waals surface area contributed by atoms with Crippen molar-refractivity contribution in [2.45, 2.75) is 19.3 Å². The van der Waals surface area contributed by atoms with Gasteiger partial charge in [0.15, 0.2) is 0 Å². The summed E-state index contributed by atoms with van der Waals surface area (Å²) in [6.07, 6.45) is 2.15. The topological polar surface area (TPSA) is 39.2 Å². The lowest BCUT2D eigenvalue weighted by molar-refractivity contribution is -0.125. The molecule has 1 aliphatic heterocycles. The number of pyridine rings is 1. The van der Waals surface area contributed by atoms with E-state index >= 15 is 0 Å². The number of fused-ring (bicyclic) bond motifs is 1. The van der Waals surface area contributed by atoms with Gasteiger partial charge >= 0.3 is 0 Å². The first-order valence-corrected chi connectivity index (χ1v) is 6.78. The van der Waals surface area contributed by atoms with Crippen molar-refractivity contribution in [2.75, 3.05) is 13.2 Å². The Morgan fingerprint density at radius 3 is 2.79 bits per heavy atom. The number of Topliss-reactive ketones (excluding diaryl/α,β-unsaturated/α-hetero) is 1. The first kappa shape index (κ1) is 12.3. The average molecular weight is 255 g/mol. The van der Waals surface area contributed by atoms with Crippen LogP contribution in [0.15, 0.2) is 36.4 Å². The van der Waals surface area contributed by atoms with E-state index in [2.05, 4.69) is 4.98 Å². The SMILES string of the molecule is O=C(Cc1ccc2ccccc2n1)C1CCOCC1. The number of rotatable bonds is 3. The first-order valence-electron chi connectivity index (χ1n) is 6.78. The summed E-state index contributed by atoms with van der Waals surface area (Å²) >= 11 is 0. The van der Waals surface area contributed by atoms with E-state index in [1.54, 1.807) is 0 Å². The van der Waals surface area contributed by atoms with Crippen LogP contribution in [0, 0.1) is 5.92 Å². The molecule has 0 unspecified atom stereocenters. The van der Waals surface area contributed by atoms with Gasteiger partial charge in [0.25, 0.3) is 0 Å². The van der Waals surface area contributed by atoms with Crippen molar-refractivity contribution >= 4 is 16.7 Å². The van der Waals surface area contributed by atoms with E-state index in [-0.39, 0.29) is 5.92 Å². The molecule has 3 rings (SSSR count). The Labute approximate surface area is 112 Å². The Hall–Kier alpha value is -1.74. The minimum atomic E-state index is 0.155. The summed E-state index contributed by atoms with van der Waals surface area (Å²) in [6.45, 7) is 1.42. The van der Waals surface area contributed by atoms with Gasteiger partial charge in [0, 0.05) is 36.6 Å². The summed E-state index contributed by atoms with van der Waals surface area (Å²) in [7, 11) is 0. The molecule has 0 amide bonds. The molecule has 2 aromatic rings. The Morgan fingerprint density at radius 1 is 1.16 bits per heavy atom. The van der Waals surface area contributed by atoms with Crippen LogP contribution in [-0.4, -0.2) is 24.0 Å². The van der Waals surface area contributed by atoms with Gasteiger partial charge in [0.05, 0.1) is 5.52 Å². The van der Waals surface area contributed by atoms with Crippen molar-refractivity contribution in [3.8, 4) is 0 Å². The molecule has 3 nitrogen and oxygen atoms in total. The zero-order valence-electron chi connectivity index (χ0n) is 10.8. The minimum Gasteiger partial charge on any atom is -0.381 e. The van der Waals surface area contributed by atoms with Gasteiger partial charge in [-0.15, -0.1) is 0 Å². The molecule has 2 heterocycles. The molecule has 19 heavy (non-hydrogen) atoms. The van der Waals surface area contributed by atoms with Crippen molar-refractivity contribution in [2.24, 2.45) is 5.92 Å². The van der Waals surface area contributed by atoms with Crippen LogP contribution in [0.4, 0.5) is 0 Å². The molecule has 0 bridgehead atoms. The second-order valence-electron chi connectivity index (χ2n) is 5.03. The van der Waals surface area contributed by atoms with Crippen molar-refractivity contribution in [3.05, 3.63) is 42.1 Å². The van der Waals surface area contributed by atoms with Crippen LogP contribution in [-0.2, 0) is 16.0 Å². The molecule has 1 aromatic carbocycles. The molecular weight excluding hydrogens is 238 g/mol. The van der Waals surface area contributed by atoms with Crippen LogP contribution in [0.2, 0.25) is 0 Å². The average Bonchev–Trinajstić information content (AvgIpc) is 2.48. The van der Waals surface area contributed by atoms with Gasteiger partial charge in [-0.3, -0.25) is 9.78 Å². The van der Waals surface area contributed by atoms with Gasteiger partial charge in [-0.1, -0.05) is 24.3 Å². The van der Waals surface area contributed by atoms with Crippen LogP contribution in [0.3, 0.4) is 0 Å². The van der Waals surface area contributed by atoms with Gasteiger partial charge in [-0.05, 0) is 25.0 Å². The molecule has 0 spiro atoms. The van der Waals surface area contributed by atoms with Crippen molar-refractivity contribution in [3.63, 3.8) is 0 Å². The number of benzene rings is 1. The summed E-state index contributed by atoms with van der Waals surface area (Å²) in [5.41, 5.74) is 1.83. The molecular formula is C16H17NO2. The van der Waals surface area contributed by atoms with E-state index in [0.717, 1.165) is 29.4 Å². The molecule has 3 heteroatoms. The number of hydrogen-bond acceptors (Lipinski definition) is 3. The lowest BCUT2D eigenvalue weighted by Crippen LogP contribution is -2.25. The van der Waals surface area contributed by atoms with Crippen molar-refractivity contribution in [1.29, 1.82) is 0 Å². The molecule has 1 aromatic heterocycles. The smallest absolute Gasteiger partial charge is 0.142 e. The summed E-state index contributed by atoms with van der Waals surface area (Å²) in [5.74, 6) is 0.452. The second kappa shape index (κ2) is 5.49. The third kappa shape index (κ3) is 2.82. The van der Waals surface area contributed by atoms with E-state index in [4.69, 9.17) is 4.74 Å². The standard InChI is InChI=1S/C16H17NO2/c18-16(13-7-9-19-10-8-13)11-14-6-5-12-3-1-2-4-15(12)17-14/h1-6,13H,7-11H2. The Balaban J connectivity index is 1.75. The predicted molar refractivity (Wildman–Crippen MR) is 74.0 cm³/mol. The zero-order chi connectivity index (χ0) is 13.1. The first-order chi connectivity index (χ1) is 9.33. The highest BCUT2D eigenvalue weighted by atomic mass is 16.5. The number of ketones is 1. The van der Waals surface area contributed by atoms with Gasteiger partial charge in [-0.2, -0.15) is 0 Å². The van der Waals surface area contributed by atoms with Crippen LogP contribution >= 0.6 is 0 Å². The Morgan fingerprint density at radius 2 is 1.95 bits per heavy atom. The number of ether oxygens (including phenoxy) is 1. The molecule has 98 valence electrons. The molecule has 0 atom stereocenters. The highest BCUT2D eigenvalue weighted by Crippen LogP contribution is 2.18. The summed E-state index contributed by atoms with van der Waals surface area (Å²) in [6, 6.07) is 12.0. The quantitative estimate of drug-likeness (QED) is 0.846. The Bertz CT molecular complexity index is 588. The molecule has 0 radical (unpaired) electrons. The lowest BCUT2D eigenvalue weighted by atomic mass is 9.92. The van der Waals surface area contributed by atoms with E-state index < -0.39 is 0 Å². The maximum absolute atomic E-state index is 12.2. The third-order valence-electron chi connectivity index (χ3n) is 3.69. The van der Waals surface area contributed by atoms with Crippen LogP contribution < -0.4 is 0 Å². The highest BCUT2D eigenvalue weighted by molar-refractivity contribution is 5.84. The largest absolute Gasteiger partial charge is 0.381 e. The third-order valence-corrected chi connectivity index (χ3v) is 3.69. The van der Waals surface area contributed by atoms with Crippen LogP contribution in [0.25, 0.3) is 10.9 Å². The summed E-state index contributed by atoms with van der Waals surface area (Å²) in [4.78, 5) is 16.8. The molecule has 1 fully saturated rings. The predicted octanol–water partition coefficient (Wildman–Crippen LogP) is 2.77. The molecule has 0 aliphatic carbocycles. The number of nitrogens with zero attached hydrogens (tertiary/aromatic N) is 1. The van der Waals surface area contributed by atoms with Gasteiger partial charge in [0.2, 0.25) is 0 Å². The molecule has 0 saturated carbocycles. The van der Waals surface area contributed by atoms with E-state index in [9.17, 15) is 4.79 Å². The van der Waals surface area contributed by atoms with E-state index in [1.165, 1.54) is 0 Å². The lowest BCUT2D eigenvalue weighted by Gasteiger charge is -2.20. The zero-order valence-corrected chi connectivity index (χ0v) is 10.8. The maximum Gasteiger partial charge on any atom is 0.142 e. The van der Waals surface area contributed by atoms with Crippen molar-refractivity contribution < 1.29 is 9.53 Å². The maximum atomic E-state index is 12.2. The van der Waals surface area contributed by atoms with Gasteiger partial charge in [0.1, 0.15) is 5.78 Å². The fraction of sp³-hybridized carbons (Fsp3) is 0.375. The number of carbonyl (C=O) groups is 1. The monoisotopic (exact) mass is 255 g/mol. The fourth-order valence-corrected chi connectivity index (χ4v) is 2.55. The van der Waals surface area contributed by atoms with E-state index in [1.807, 2.05) is 36.4 Å². The van der Waals surface area contributed by atoms with Crippen LogP contribution in [0.5, 0.6) is 0 Å². The molecule has 0 N–H and O–H groups in total. The molecule has 1 saturated heterocycles. The van der Waals surface area contributed by atoms with Crippen LogP contribution in [0.1, 0.15) is 18.5 Å². The normalized spacial score (nSPS) is 16.6. The Kier molecular flexibility index (Phi) is 3.56. The van der Waals surface area contributed by atoms with Crippen molar-refractivity contribution in [1.82, 2.24) is 4.98 Å². The number of para-hydroxylation sites is 1. The fourth-order valence-electron chi connectivity index (χ4n) is 2.55.